The van der Waals surface area contributed by atoms with Crippen LogP contribution in [0.1, 0.15) is 0 Å². The summed E-state index contributed by atoms with van der Waals surface area (Å²) >= 11 is 0. The van der Waals surface area contributed by atoms with Crippen LogP contribution in [-0.4, -0.2) is 24.9 Å². The standard InChI is InChI=1S/C13H7FN5/c14-10-3-1-9(2-4-10)12-11(5-15-6-17-12)13-18-7-16-8-19-13/h1-5,7-8H. The Hall–Kier alpha value is -2.76. The van der Waals surface area contributed by atoms with Gasteiger partial charge < -0.3 is 0 Å². The summed E-state index contributed by atoms with van der Waals surface area (Å²) in [6.07, 6.45) is 6.88. The Morgan fingerprint density at radius 1 is 1.00 bits per heavy atom. The molecule has 2 heterocycles. The molecule has 0 aliphatic carbocycles. The van der Waals surface area contributed by atoms with Crippen LogP contribution in [0.3, 0.4) is 0 Å². The summed E-state index contributed by atoms with van der Waals surface area (Å²) in [4.78, 5) is 19.8. The van der Waals surface area contributed by atoms with Crippen LogP contribution in [0.25, 0.3) is 22.6 Å². The predicted octanol–water partition coefficient (Wildman–Crippen LogP) is 1.93. The number of aromatic nitrogens is 5. The van der Waals surface area contributed by atoms with Gasteiger partial charge in [-0.05, 0) is 24.3 Å². The summed E-state index contributed by atoms with van der Waals surface area (Å²) in [6.45, 7) is 0. The van der Waals surface area contributed by atoms with E-state index in [1.54, 1.807) is 18.3 Å². The molecule has 0 unspecified atom stereocenters. The molecule has 0 saturated heterocycles. The van der Waals surface area contributed by atoms with Crippen molar-refractivity contribution in [3.05, 3.63) is 55.3 Å². The van der Waals surface area contributed by atoms with Gasteiger partial charge >= 0.3 is 0 Å². The second-order valence-electron chi connectivity index (χ2n) is 3.70. The largest absolute Gasteiger partial charge is 0.233 e. The van der Waals surface area contributed by atoms with Gasteiger partial charge in [0.1, 0.15) is 18.5 Å². The fourth-order valence-electron chi connectivity index (χ4n) is 1.66. The van der Waals surface area contributed by atoms with Crippen molar-refractivity contribution in [2.24, 2.45) is 0 Å². The molecule has 0 bridgehead atoms. The summed E-state index contributed by atoms with van der Waals surface area (Å²) < 4.78 is 13.0. The molecule has 0 spiro atoms. The molecule has 91 valence electrons. The summed E-state index contributed by atoms with van der Waals surface area (Å²) in [5, 5.41) is 0. The molecule has 1 aromatic carbocycles. The fraction of sp³-hybridized carbons (Fsp3) is 0. The van der Waals surface area contributed by atoms with Gasteiger partial charge in [-0.25, -0.2) is 29.3 Å². The van der Waals surface area contributed by atoms with E-state index in [-0.39, 0.29) is 5.82 Å². The maximum absolute atomic E-state index is 13.0. The molecule has 0 amide bonds. The fourth-order valence-corrected chi connectivity index (χ4v) is 1.66. The maximum Gasteiger partial charge on any atom is 0.198 e. The van der Waals surface area contributed by atoms with Gasteiger partial charge in [-0.2, -0.15) is 0 Å². The number of hydrogen-bond donors (Lipinski definition) is 0. The van der Waals surface area contributed by atoms with Crippen LogP contribution in [0.2, 0.25) is 0 Å². The lowest BCUT2D eigenvalue weighted by Crippen LogP contribution is -1.95. The number of nitrogens with zero attached hydrogens (tertiary/aromatic N) is 5. The van der Waals surface area contributed by atoms with Gasteiger partial charge in [0.2, 0.25) is 0 Å². The first-order valence-corrected chi connectivity index (χ1v) is 5.46. The highest BCUT2D eigenvalue weighted by Crippen LogP contribution is 2.26. The molecule has 0 aliphatic heterocycles. The van der Waals surface area contributed by atoms with Crippen molar-refractivity contribution < 1.29 is 4.39 Å². The van der Waals surface area contributed by atoms with Crippen LogP contribution in [0.4, 0.5) is 4.39 Å². The van der Waals surface area contributed by atoms with Crippen LogP contribution < -0.4 is 0 Å². The Morgan fingerprint density at radius 2 is 1.74 bits per heavy atom. The zero-order valence-electron chi connectivity index (χ0n) is 9.66. The Morgan fingerprint density at radius 3 is 2.47 bits per heavy atom. The average Bonchev–Trinajstić information content (AvgIpc) is 2.49. The summed E-state index contributed by atoms with van der Waals surface area (Å²) in [5.74, 6) is 0.159. The molecular weight excluding hydrogens is 245 g/mol. The van der Waals surface area contributed by atoms with Crippen LogP contribution in [0, 0.1) is 12.1 Å². The number of halogens is 1. The number of benzene rings is 1. The van der Waals surface area contributed by atoms with Crippen LogP contribution in [0.15, 0.2) is 43.1 Å². The zero-order chi connectivity index (χ0) is 13.1. The van der Waals surface area contributed by atoms with Crippen molar-refractivity contribution in [2.75, 3.05) is 0 Å². The van der Waals surface area contributed by atoms with E-state index >= 15 is 0 Å². The topological polar surface area (TPSA) is 64.5 Å². The minimum atomic E-state index is -0.302. The molecule has 1 radical (unpaired) electrons. The normalized spacial score (nSPS) is 10.4. The lowest BCUT2D eigenvalue weighted by atomic mass is 10.1. The zero-order valence-corrected chi connectivity index (χ0v) is 9.66. The van der Waals surface area contributed by atoms with E-state index in [0.29, 0.717) is 17.1 Å². The van der Waals surface area contributed by atoms with E-state index in [1.165, 1.54) is 24.8 Å². The van der Waals surface area contributed by atoms with Gasteiger partial charge in [0, 0.05) is 11.8 Å². The first kappa shape index (κ1) is 11.3. The first-order chi connectivity index (χ1) is 9.34. The van der Waals surface area contributed by atoms with E-state index in [9.17, 15) is 4.39 Å². The first-order valence-electron chi connectivity index (χ1n) is 5.46. The summed E-state index contributed by atoms with van der Waals surface area (Å²) in [5.41, 5.74) is 1.99. The molecule has 6 heteroatoms. The molecule has 2 aromatic heterocycles. The predicted molar refractivity (Wildman–Crippen MR) is 65.1 cm³/mol. The Labute approximate surface area is 108 Å². The van der Waals surface area contributed by atoms with Crippen molar-refractivity contribution in [3.63, 3.8) is 0 Å². The SMILES string of the molecule is Fc1ccc(-c2n[c]ncc2-c2ncncn2)cc1. The van der Waals surface area contributed by atoms with Gasteiger partial charge in [-0.15, -0.1) is 0 Å². The quantitative estimate of drug-likeness (QED) is 0.697. The second-order valence-corrected chi connectivity index (χ2v) is 3.70. The molecule has 3 aromatic rings. The van der Waals surface area contributed by atoms with Crippen LogP contribution >= 0.6 is 0 Å². The molecule has 0 saturated carbocycles. The van der Waals surface area contributed by atoms with Crippen LogP contribution in [0.5, 0.6) is 0 Å². The van der Waals surface area contributed by atoms with Crippen molar-refractivity contribution in [2.45, 2.75) is 0 Å². The van der Waals surface area contributed by atoms with E-state index < -0.39 is 0 Å². The maximum atomic E-state index is 13.0. The Bertz CT molecular complexity index is 685. The molecule has 0 atom stereocenters. The number of hydrogen-bond acceptors (Lipinski definition) is 5. The third kappa shape index (κ3) is 2.28. The molecule has 0 N–H and O–H groups in total. The second kappa shape index (κ2) is 4.85. The van der Waals surface area contributed by atoms with Crippen molar-refractivity contribution in [3.8, 4) is 22.6 Å². The minimum absolute atomic E-state index is 0.302. The third-order valence-corrected chi connectivity index (χ3v) is 2.52. The van der Waals surface area contributed by atoms with Crippen molar-refractivity contribution in [1.82, 2.24) is 24.9 Å². The molecule has 0 fully saturated rings. The van der Waals surface area contributed by atoms with Crippen molar-refractivity contribution in [1.29, 1.82) is 0 Å². The van der Waals surface area contributed by atoms with Gasteiger partial charge in [0.25, 0.3) is 0 Å². The van der Waals surface area contributed by atoms with E-state index in [0.717, 1.165) is 5.56 Å². The Balaban J connectivity index is 2.15. The highest BCUT2D eigenvalue weighted by Gasteiger charge is 2.11. The van der Waals surface area contributed by atoms with Gasteiger partial charge in [0.15, 0.2) is 12.2 Å². The van der Waals surface area contributed by atoms with Crippen molar-refractivity contribution >= 4 is 0 Å². The average molecular weight is 252 g/mol. The monoisotopic (exact) mass is 252 g/mol. The lowest BCUT2D eigenvalue weighted by Gasteiger charge is -2.05. The lowest BCUT2D eigenvalue weighted by molar-refractivity contribution is 0.628. The smallest absolute Gasteiger partial charge is 0.198 e. The highest BCUT2D eigenvalue weighted by atomic mass is 19.1. The third-order valence-electron chi connectivity index (χ3n) is 2.52. The number of rotatable bonds is 2. The molecular formula is C13H7FN5. The summed E-state index contributed by atoms with van der Waals surface area (Å²) in [6, 6.07) is 6.01. The van der Waals surface area contributed by atoms with Gasteiger partial charge in [0.05, 0.1) is 11.3 Å². The molecule has 3 rings (SSSR count). The molecule has 19 heavy (non-hydrogen) atoms. The van der Waals surface area contributed by atoms with Gasteiger partial charge in [-0.3, -0.25) is 0 Å². The summed E-state index contributed by atoms with van der Waals surface area (Å²) in [7, 11) is 0. The van der Waals surface area contributed by atoms with E-state index in [1.807, 2.05) is 0 Å². The highest BCUT2D eigenvalue weighted by molar-refractivity contribution is 5.76. The van der Waals surface area contributed by atoms with Crippen LogP contribution in [-0.2, 0) is 0 Å². The Kier molecular flexibility index (Phi) is 2.89. The van der Waals surface area contributed by atoms with E-state index in [4.69, 9.17) is 0 Å². The van der Waals surface area contributed by atoms with Gasteiger partial charge in [-0.1, -0.05) is 0 Å². The minimum Gasteiger partial charge on any atom is -0.233 e. The molecule has 5 nitrogen and oxygen atoms in total. The molecule has 0 aliphatic rings. The van der Waals surface area contributed by atoms with E-state index in [2.05, 4.69) is 31.2 Å².